The Morgan fingerprint density at radius 2 is 1.10 bits per heavy atom. The molecule has 4 aliphatic rings. The molecule has 2 aromatic carbocycles. The molecular weight excluding hydrogens is 496 g/mol. The maximum absolute atomic E-state index is 11.6. The SMILES string of the molecule is O=c1ccc2nc3ccc(NCCCOCCCNc4ccc5nc6ccc(=O)cc-6oc5c4)cc3oc-2c1. The third-order valence-corrected chi connectivity index (χ3v) is 6.29. The fraction of sp³-hybridized carbons (Fsp3) is 0.200. The summed E-state index contributed by atoms with van der Waals surface area (Å²) in [5, 5.41) is 6.75. The lowest BCUT2D eigenvalue weighted by Crippen LogP contribution is -2.09. The average Bonchev–Trinajstić information content (AvgIpc) is 2.94. The van der Waals surface area contributed by atoms with Crippen molar-refractivity contribution in [2.24, 2.45) is 0 Å². The molecule has 0 radical (unpaired) electrons. The first-order valence-electron chi connectivity index (χ1n) is 12.9. The molecule has 9 heteroatoms. The second-order valence-corrected chi connectivity index (χ2v) is 9.22. The van der Waals surface area contributed by atoms with Gasteiger partial charge in [-0.05, 0) is 61.4 Å². The fourth-order valence-electron chi connectivity index (χ4n) is 4.35. The molecule has 196 valence electrons. The lowest BCUT2D eigenvalue weighted by Gasteiger charge is -2.10. The zero-order valence-electron chi connectivity index (χ0n) is 21.1. The number of nitrogens with one attached hydrogen (secondary N) is 2. The van der Waals surface area contributed by atoms with E-state index in [0.717, 1.165) is 48.3 Å². The van der Waals surface area contributed by atoms with Crippen LogP contribution >= 0.6 is 0 Å². The Morgan fingerprint density at radius 3 is 1.59 bits per heavy atom. The van der Waals surface area contributed by atoms with Gasteiger partial charge in [-0.2, -0.15) is 0 Å². The third kappa shape index (κ3) is 5.73. The molecule has 39 heavy (non-hydrogen) atoms. The molecule has 0 bridgehead atoms. The standard InChI is InChI=1S/C30H26N4O5/c35-21-5-9-25-29(17-21)38-27-15-19(3-7-23(27)33-25)31-11-1-13-37-14-2-12-32-20-4-8-24-28(16-20)39-30-18-22(36)6-10-26(30)34-24/h3-10,15-18,31-32H,1-2,11-14H2. The number of benzene rings is 4. The van der Waals surface area contributed by atoms with Crippen molar-refractivity contribution in [3.05, 3.63) is 93.2 Å². The molecule has 2 heterocycles. The summed E-state index contributed by atoms with van der Waals surface area (Å²) >= 11 is 0. The van der Waals surface area contributed by atoms with Gasteiger partial charge in [-0.1, -0.05) is 0 Å². The van der Waals surface area contributed by atoms with Crippen LogP contribution in [-0.4, -0.2) is 36.3 Å². The van der Waals surface area contributed by atoms with Crippen LogP contribution < -0.4 is 21.5 Å². The van der Waals surface area contributed by atoms with E-state index in [1.54, 1.807) is 12.1 Å². The molecule has 0 aromatic heterocycles. The maximum Gasteiger partial charge on any atom is 0.182 e. The normalized spacial score (nSPS) is 11.5. The van der Waals surface area contributed by atoms with Crippen LogP contribution in [-0.2, 0) is 4.74 Å². The van der Waals surface area contributed by atoms with Crippen LogP contribution in [0.15, 0.2) is 91.2 Å². The number of hydrogen-bond acceptors (Lipinski definition) is 9. The van der Waals surface area contributed by atoms with E-state index in [0.29, 0.717) is 47.3 Å². The summed E-state index contributed by atoms with van der Waals surface area (Å²) in [6, 6.07) is 20.7. The summed E-state index contributed by atoms with van der Waals surface area (Å²) in [7, 11) is 0. The van der Waals surface area contributed by atoms with Crippen molar-refractivity contribution < 1.29 is 13.6 Å². The average molecular weight is 523 g/mol. The van der Waals surface area contributed by atoms with Crippen LogP contribution in [0.4, 0.5) is 11.4 Å². The van der Waals surface area contributed by atoms with Gasteiger partial charge in [-0.25, -0.2) is 9.97 Å². The van der Waals surface area contributed by atoms with E-state index < -0.39 is 0 Å². The van der Waals surface area contributed by atoms with Crippen LogP contribution in [0.25, 0.3) is 45.1 Å². The first kappa shape index (κ1) is 24.6. The molecule has 0 saturated heterocycles. The predicted octanol–water partition coefficient (Wildman–Crippen LogP) is 5.22. The van der Waals surface area contributed by atoms with Gasteiger partial charge in [0.25, 0.3) is 0 Å². The number of fused-ring (bicyclic) bond motifs is 4. The predicted molar refractivity (Wildman–Crippen MR) is 151 cm³/mol. The van der Waals surface area contributed by atoms with Crippen molar-refractivity contribution in [3.63, 3.8) is 0 Å². The summed E-state index contributed by atoms with van der Waals surface area (Å²) < 4.78 is 17.5. The Balaban J connectivity index is 0.922. The van der Waals surface area contributed by atoms with Crippen molar-refractivity contribution in [1.29, 1.82) is 0 Å². The van der Waals surface area contributed by atoms with Crippen molar-refractivity contribution in [3.8, 4) is 22.9 Å². The van der Waals surface area contributed by atoms with Crippen molar-refractivity contribution in [2.75, 3.05) is 36.9 Å². The quantitative estimate of drug-likeness (QED) is 0.184. The Bertz CT molecular complexity index is 1680. The molecular formula is C30H26N4O5. The molecule has 0 spiro atoms. The Kier molecular flexibility index (Phi) is 6.88. The van der Waals surface area contributed by atoms with Gasteiger partial charge in [0, 0.05) is 61.9 Å². The first-order valence-corrected chi connectivity index (χ1v) is 12.9. The molecule has 6 rings (SSSR count). The molecule has 2 N–H and O–H groups in total. The van der Waals surface area contributed by atoms with Gasteiger partial charge >= 0.3 is 0 Å². The Morgan fingerprint density at radius 1 is 0.615 bits per heavy atom. The lowest BCUT2D eigenvalue weighted by molar-refractivity contribution is 0.133. The molecule has 2 aliphatic heterocycles. The summed E-state index contributed by atoms with van der Waals surface area (Å²) in [6.07, 6.45) is 1.71. The minimum atomic E-state index is -0.103. The van der Waals surface area contributed by atoms with Crippen molar-refractivity contribution in [2.45, 2.75) is 12.8 Å². The van der Waals surface area contributed by atoms with Crippen LogP contribution in [0.3, 0.4) is 0 Å². The lowest BCUT2D eigenvalue weighted by atomic mass is 10.2. The molecule has 2 aromatic rings. The minimum absolute atomic E-state index is 0.103. The highest BCUT2D eigenvalue weighted by Gasteiger charge is 2.11. The van der Waals surface area contributed by atoms with E-state index >= 15 is 0 Å². The van der Waals surface area contributed by atoms with Crippen LogP contribution in [0.5, 0.6) is 0 Å². The molecule has 0 amide bonds. The Hall–Kier alpha value is -4.76. The van der Waals surface area contributed by atoms with Gasteiger partial charge in [-0.3, -0.25) is 9.59 Å². The monoisotopic (exact) mass is 522 g/mol. The highest BCUT2D eigenvalue weighted by atomic mass is 16.5. The number of ether oxygens (including phenoxy) is 1. The minimum Gasteiger partial charge on any atom is -0.453 e. The zero-order valence-corrected chi connectivity index (χ0v) is 21.1. The third-order valence-electron chi connectivity index (χ3n) is 6.29. The van der Waals surface area contributed by atoms with Crippen molar-refractivity contribution in [1.82, 2.24) is 9.97 Å². The van der Waals surface area contributed by atoms with Gasteiger partial charge in [0.05, 0.1) is 0 Å². The number of nitrogens with zero attached hydrogens (tertiary/aromatic N) is 2. The summed E-state index contributed by atoms with van der Waals surface area (Å²) in [5.41, 5.74) is 5.70. The van der Waals surface area contributed by atoms with E-state index in [1.165, 1.54) is 24.3 Å². The van der Waals surface area contributed by atoms with Crippen LogP contribution in [0.2, 0.25) is 0 Å². The highest BCUT2D eigenvalue weighted by molar-refractivity contribution is 5.80. The number of rotatable bonds is 10. The largest absolute Gasteiger partial charge is 0.453 e. The summed E-state index contributed by atoms with van der Waals surface area (Å²) in [4.78, 5) is 32.3. The topological polar surface area (TPSA) is 119 Å². The molecule has 9 nitrogen and oxygen atoms in total. The summed E-state index contributed by atoms with van der Waals surface area (Å²) in [6.45, 7) is 2.82. The molecule has 0 unspecified atom stereocenters. The number of aromatic nitrogens is 2. The highest BCUT2D eigenvalue weighted by Crippen LogP contribution is 2.26. The Labute approximate surface area is 223 Å². The molecule has 0 atom stereocenters. The number of hydrogen-bond donors (Lipinski definition) is 2. The van der Waals surface area contributed by atoms with Crippen LogP contribution in [0.1, 0.15) is 12.8 Å². The van der Waals surface area contributed by atoms with Gasteiger partial charge in [-0.15, -0.1) is 0 Å². The van der Waals surface area contributed by atoms with Crippen LogP contribution in [0, 0.1) is 0 Å². The zero-order chi connectivity index (χ0) is 26.6. The van der Waals surface area contributed by atoms with E-state index in [9.17, 15) is 9.59 Å². The molecule has 0 fully saturated rings. The van der Waals surface area contributed by atoms with E-state index in [1.807, 2.05) is 36.4 Å². The van der Waals surface area contributed by atoms with Gasteiger partial charge in [0.2, 0.25) is 0 Å². The molecule has 0 saturated carbocycles. The second kappa shape index (κ2) is 10.9. The van der Waals surface area contributed by atoms with Gasteiger partial charge in [0.15, 0.2) is 33.5 Å². The van der Waals surface area contributed by atoms with E-state index in [2.05, 4.69) is 20.6 Å². The first-order chi connectivity index (χ1) is 19.1. The van der Waals surface area contributed by atoms with Crippen molar-refractivity contribution >= 4 is 33.6 Å². The molecule has 2 aliphatic carbocycles. The van der Waals surface area contributed by atoms with E-state index in [4.69, 9.17) is 13.6 Å². The van der Waals surface area contributed by atoms with Gasteiger partial charge < -0.3 is 24.2 Å². The van der Waals surface area contributed by atoms with E-state index in [-0.39, 0.29) is 10.9 Å². The fourth-order valence-corrected chi connectivity index (χ4v) is 4.35. The smallest absolute Gasteiger partial charge is 0.182 e. The number of anilines is 2. The van der Waals surface area contributed by atoms with Gasteiger partial charge in [0.1, 0.15) is 22.4 Å². The second-order valence-electron chi connectivity index (χ2n) is 9.22. The summed E-state index contributed by atoms with van der Waals surface area (Å²) in [5.74, 6) is 0.963. The maximum atomic E-state index is 11.6.